The molecule has 0 N–H and O–H groups in total. The highest BCUT2D eigenvalue weighted by molar-refractivity contribution is 6.36. The van der Waals surface area contributed by atoms with Gasteiger partial charge in [0.25, 0.3) is 11.8 Å². The first-order valence-corrected chi connectivity index (χ1v) is 14.9. The fourth-order valence-electron chi connectivity index (χ4n) is 7.05. The van der Waals surface area contributed by atoms with Crippen LogP contribution in [0.15, 0.2) is 116 Å². The molecule has 216 valence electrons. The molecule has 3 aromatic heterocycles. The first-order valence-electron chi connectivity index (χ1n) is 14.9. The van der Waals surface area contributed by atoms with Gasteiger partial charge in [-0.25, -0.2) is 4.90 Å². The summed E-state index contributed by atoms with van der Waals surface area (Å²) in [6, 6.07) is 30.0. The number of fused-ring (bicyclic) bond motifs is 4. The molecule has 0 radical (unpaired) electrons. The molecular formula is C39H28N4O2. The maximum absolute atomic E-state index is 14.6. The lowest BCUT2D eigenvalue weighted by Gasteiger charge is -2.20. The standard InChI is InChI=1S/C39H28N4O2/c1-23-19-24(2)35(25(3)20-23)43-38(44)32-15-6-16-33(34(32)39(43)45)42-36-28(26-9-7-17-40-21-26)11-4-13-30(36)31-14-5-12-29(37(31)42)27-10-8-18-41-22-27/h4-22H,1-3H3. The summed E-state index contributed by atoms with van der Waals surface area (Å²) in [5, 5.41) is 2.07. The summed E-state index contributed by atoms with van der Waals surface area (Å²) in [7, 11) is 0. The Kier molecular flexibility index (Phi) is 6.00. The van der Waals surface area contributed by atoms with Crippen LogP contribution in [0.3, 0.4) is 0 Å². The van der Waals surface area contributed by atoms with Crippen LogP contribution in [-0.2, 0) is 0 Å². The van der Waals surface area contributed by atoms with Gasteiger partial charge in [-0.1, -0.05) is 72.3 Å². The van der Waals surface area contributed by atoms with E-state index in [1.165, 1.54) is 4.90 Å². The number of para-hydroxylation sites is 2. The molecule has 8 rings (SSSR count). The minimum Gasteiger partial charge on any atom is -0.307 e. The molecule has 0 spiro atoms. The van der Waals surface area contributed by atoms with Crippen molar-refractivity contribution in [3.8, 4) is 27.9 Å². The number of benzene rings is 4. The van der Waals surface area contributed by atoms with Crippen LogP contribution in [0.5, 0.6) is 0 Å². The van der Waals surface area contributed by atoms with E-state index in [4.69, 9.17) is 0 Å². The SMILES string of the molecule is Cc1cc(C)c(N2C(=O)c3cccc(-n4c5c(-c6cccnc6)cccc5c5cccc(-c6cccnc6)c54)c3C2=O)c(C)c1. The first kappa shape index (κ1) is 26.7. The Morgan fingerprint density at radius 2 is 1.11 bits per heavy atom. The number of pyridine rings is 2. The van der Waals surface area contributed by atoms with Crippen LogP contribution in [-0.4, -0.2) is 26.3 Å². The molecule has 0 aliphatic carbocycles. The second-order valence-corrected chi connectivity index (χ2v) is 11.6. The monoisotopic (exact) mass is 584 g/mol. The smallest absolute Gasteiger partial charge is 0.268 e. The Bertz CT molecular complexity index is 2220. The van der Waals surface area contributed by atoms with Gasteiger partial charge in [0.2, 0.25) is 0 Å². The van der Waals surface area contributed by atoms with Gasteiger partial charge in [0.05, 0.1) is 33.5 Å². The summed E-state index contributed by atoms with van der Waals surface area (Å²) in [5.74, 6) is -0.638. The number of aryl methyl sites for hydroxylation is 3. The van der Waals surface area contributed by atoms with Crippen LogP contribution in [0.4, 0.5) is 5.69 Å². The molecule has 45 heavy (non-hydrogen) atoms. The third-order valence-corrected chi connectivity index (χ3v) is 8.75. The quantitative estimate of drug-likeness (QED) is 0.194. The molecule has 4 heterocycles. The van der Waals surface area contributed by atoms with Gasteiger partial charge in [-0.3, -0.25) is 19.6 Å². The number of carbonyl (C=O) groups is 2. The summed E-state index contributed by atoms with van der Waals surface area (Å²) in [6.07, 6.45) is 7.23. The largest absolute Gasteiger partial charge is 0.307 e. The van der Waals surface area contributed by atoms with E-state index in [-0.39, 0.29) is 11.8 Å². The van der Waals surface area contributed by atoms with Crippen molar-refractivity contribution in [2.45, 2.75) is 20.8 Å². The Balaban J connectivity index is 1.49. The number of carbonyl (C=O) groups excluding carboxylic acids is 2. The zero-order valence-electron chi connectivity index (χ0n) is 25.1. The van der Waals surface area contributed by atoms with Crippen LogP contribution >= 0.6 is 0 Å². The van der Waals surface area contributed by atoms with Gasteiger partial charge in [0.1, 0.15) is 0 Å². The summed E-state index contributed by atoms with van der Waals surface area (Å²) < 4.78 is 2.16. The van der Waals surface area contributed by atoms with Crippen LogP contribution < -0.4 is 4.90 Å². The number of anilines is 1. The molecule has 7 aromatic rings. The fourth-order valence-corrected chi connectivity index (χ4v) is 7.05. The maximum atomic E-state index is 14.6. The van der Waals surface area contributed by atoms with Gasteiger partial charge < -0.3 is 4.57 Å². The van der Waals surface area contributed by atoms with E-state index < -0.39 is 0 Å². The van der Waals surface area contributed by atoms with Crippen LogP contribution in [0, 0.1) is 20.8 Å². The molecule has 0 atom stereocenters. The average Bonchev–Trinajstić information content (AvgIpc) is 3.53. The number of imide groups is 1. The summed E-state index contributed by atoms with van der Waals surface area (Å²) in [6.45, 7) is 5.92. The van der Waals surface area contributed by atoms with E-state index in [9.17, 15) is 9.59 Å². The molecule has 0 saturated heterocycles. The minimum atomic E-state index is -0.326. The third-order valence-electron chi connectivity index (χ3n) is 8.75. The van der Waals surface area contributed by atoms with E-state index in [0.717, 1.165) is 60.8 Å². The number of rotatable bonds is 4. The van der Waals surface area contributed by atoms with E-state index in [1.807, 2.05) is 81.7 Å². The van der Waals surface area contributed by atoms with E-state index in [2.05, 4.69) is 50.9 Å². The van der Waals surface area contributed by atoms with Gasteiger partial charge in [-0.2, -0.15) is 0 Å². The first-order chi connectivity index (χ1) is 21.9. The van der Waals surface area contributed by atoms with Crippen molar-refractivity contribution < 1.29 is 9.59 Å². The molecule has 6 nitrogen and oxygen atoms in total. The summed E-state index contributed by atoms with van der Waals surface area (Å²) in [4.78, 5) is 38.9. The van der Waals surface area contributed by atoms with Crippen molar-refractivity contribution in [1.29, 1.82) is 0 Å². The van der Waals surface area contributed by atoms with Crippen molar-refractivity contribution in [3.05, 3.63) is 144 Å². The zero-order chi connectivity index (χ0) is 30.8. The number of aromatic nitrogens is 3. The lowest BCUT2D eigenvalue weighted by atomic mass is 10.0. The summed E-state index contributed by atoms with van der Waals surface area (Å²) in [5.41, 5.74) is 10.7. The fraction of sp³-hybridized carbons (Fsp3) is 0.0769. The van der Waals surface area contributed by atoms with E-state index in [0.29, 0.717) is 22.5 Å². The van der Waals surface area contributed by atoms with Crippen molar-refractivity contribution >= 4 is 39.3 Å². The number of nitrogens with zero attached hydrogens (tertiary/aromatic N) is 4. The number of hydrogen-bond donors (Lipinski definition) is 0. The highest BCUT2D eigenvalue weighted by atomic mass is 16.2. The molecule has 2 amide bonds. The molecule has 0 bridgehead atoms. The Morgan fingerprint density at radius 1 is 0.578 bits per heavy atom. The molecule has 1 aliphatic heterocycles. The highest BCUT2D eigenvalue weighted by Gasteiger charge is 2.40. The zero-order valence-corrected chi connectivity index (χ0v) is 25.1. The molecule has 0 saturated carbocycles. The van der Waals surface area contributed by atoms with Gasteiger partial charge in [-0.15, -0.1) is 0 Å². The van der Waals surface area contributed by atoms with E-state index in [1.54, 1.807) is 18.5 Å². The van der Waals surface area contributed by atoms with Gasteiger partial charge in [-0.05, 0) is 56.2 Å². The topological polar surface area (TPSA) is 68.1 Å². The van der Waals surface area contributed by atoms with Crippen molar-refractivity contribution in [2.24, 2.45) is 0 Å². The molecule has 1 aliphatic rings. The molecule has 6 heteroatoms. The maximum Gasteiger partial charge on any atom is 0.268 e. The highest BCUT2D eigenvalue weighted by Crippen LogP contribution is 2.44. The second kappa shape index (κ2) is 10.1. The van der Waals surface area contributed by atoms with Gasteiger partial charge in [0, 0.05) is 57.8 Å². The number of hydrogen-bond acceptors (Lipinski definition) is 4. The van der Waals surface area contributed by atoms with Crippen molar-refractivity contribution in [2.75, 3.05) is 4.90 Å². The van der Waals surface area contributed by atoms with Crippen LogP contribution in [0.1, 0.15) is 37.4 Å². The molecular weight excluding hydrogens is 556 g/mol. The average molecular weight is 585 g/mol. The normalized spacial score (nSPS) is 12.8. The van der Waals surface area contributed by atoms with Crippen molar-refractivity contribution in [3.63, 3.8) is 0 Å². The predicted octanol–water partition coefficient (Wildman–Crippen LogP) is 8.63. The van der Waals surface area contributed by atoms with Crippen molar-refractivity contribution in [1.82, 2.24) is 14.5 Å². The molecule has 4 aromatic carbocycles. The minimum absolute atomic E-state index is 0.312. The Labute approximate surface area is 260 Å². The number of amides is 2. The summed E-state index contributed by atoms with van der Waals surface area (Å²) >= 11 is 0. The Morgan fingerprint density at radius 3 is 1.64 bits per heavy atom. The van der Waals surface area contributed by atoms with E-state index >= 15 is 0 Å². The second-order valence-electron chi connectivity index (χ2n) is 11.6. The molecule has 0 fully saturated rings. The lowest BCUT2D eigenvalue weighted by Crippen LogP contribution is -2.31. The predicted molar refractivity (Wildman–Crippen MR) is 179 cm³/mol. The van der Waals surface area contributed by atoms with Crippen LogP contribution in [0.25, 0.3) is 49.7 Å². The molecule has 0 unspecified atom stereocenters. The van der Waals surface area contributed by atoms with Gasteiger partial charge in [0.15, 0.2) is 0 Å². The Hall–Kier alpha value is -5.88. The van der Waals surface area contributed by atoms with Crippen LogP contribution in [0.2, 0.25) is 0 Å². The lowest BCUT2D eigenvalue weighted by molar-refractivity contribution is 0.0925. The van der Waals surface area contributed by atoms with Gasteiger partial charge >= 0.3 is 0 Å². The third kappa shape index (κ3) is 3.96.